The number of carbonyl (C=O) groups is 1. The third-order valence-electron chi connectivity index (χ3n) is 5.38. The fraction of sp³-hybridized carbons (Fsp3) is 0.364. The number of nitrogens with zero attached hydrogens (tertiary/aromatic N) is 3. The predicted molar refractivity (Wildman–Crippen MR) is 111 cm³/mol. The molecule has 4 rings (SSSR count). The summed E-state index contributed by atoms with van der Waals surface area (Å²) in [6.45, 7) is -0.238. The topological polar surface area (TPSA) is 85.0 Å². The smallest absolute Gasteiger partial charge is 0.306 e. The van der Waals surface area contributed by atoms with E-state index in [1.54, 1.807) is 0 Å². The van der Waals surface area contributed by atoms with Crippen LogP contribution in [0.3, 0.4) is 0 Å². The zero-order valence-electron chi connectivity index (χ0n) is 16.0. The number of nitriles is 1. The molecule has 1 aliphatic carbocycles. The number of fused-ring (bicyclic) bond motifs is 1. The first-order chi connectivity index (χ1) is 14.2. The number of aromatic nitrogens is 2. The van der Waals surface area contributed by atoms with Gasteiger partial charge in [-0.3, -0.25) is 14.2 Å². The lowest BCUT2D eigenvalue weighted by Gasteiger charge is -2.12. The van der Waals surface area contributed by atoms with Crippen LogP contribution in [0.15, 0.2) is 40.5 Å². The number of hydrogen-bond donors (Lipinski definition) is 0. The Morgan fingerprint density at radius 2 is 2.03 bits per heavy atom. The van der Waals surface area contributed by atoms with E-state index in [0.29, 0.717) is 28.4 Å². The van der Waals surface area contributed by atoms with E-state index in [1.165, 1.54) is 28.7 Å². The number of esters is 1. The lowest BCUT2D eigenvalue weighted by atomic mass is 10.0. The molecule has 3 aromatic rings. The molecular formula is C22H21N3O3S. The number of hydrogen-bond acceptors (Lipinski definition) is 6. The second-order valence-corrected chi connectivity index (χ2v) is 8.15. The van der Waals surface area contributed by atoms with E-state index in [2.05, 4.69) is 4.98 Å². The highest BCUT2D eigenvalue weighted by atomic mass is 32.1. The van der Waals surface area contributed by atoms with Crippen LogP contribution in [-0.2, 0) is 22.7 Å². The fourth-order valence-corrected chi connectivity index (χ4v) is 4.85. The normalized spacial score (nSPS) is 14.2. The molecular weight excluding hydrogens is 386 g/mol. The number of thiophene rings is 1. The van der Waals surface area contributed by atoms with Gasteiger partial charge in [0.15, 0.2) is 5.82 Å². The Balaban J connectivity index is 1.64. The Morgan fingerprint density at radius 3 is 2.76 bits per heavy atom. The van der Waals surface area contributed by atoms with Crippen molar-refractivity contribution in [2.24, 2.45) is 5.92 Å². The molecule has 0 N–H and O–H groups in total. The zero-order valence-corrected chi connectivity index (χ0v) is 16.8. The van der Waals surface area contributed by atoms with Crippen molar-refractivity contribution in [1.82, 2.24) is 9.55 Å². The van der Waals surface area contributed by atoms with Gasteiger partial charge in [0.25, 0.3) is 5.56 Å². The van der Waals surface area contributed by atoms with Gasteiger partial charge in [-0.15, -0.1) is 11.3 Å². The van der Waals surface area contributed by atoms with Gasteiger partial charge in [0, 0.05) is 17.4 Å². The van der Waals surface area contributed by atoms with E-state index in [0.717, 1.165) is 24.0 Å². The highest BCUT2D eigenvalue weighted by Gasteiger charge is 2.21. The molecule has 0 unspecified atom stereocenters. The Hall–Kier alpha value is -2.98. The van der Waals surface area contributed by atoms with Gasteiger partial charge in [-0.05, 0) is 24.3 Å². The van der Waals surface area contributed by atoms with Crippen molar-refractivity contribution in [3.05, 3.63) is 51.9 Å². The number of benzene rings is 1. The molecule has 0 spiro atoms. The van der Waals surface area contributed by atoms with Gasteiger partial charge in [-0.2, -0.15) is 5.26 Å². The van der Waals surface area contributed by atoms with E-state index in [9.17, 15) is 14.9 Å². The molecule has 0 saturated heterocycles. The first-order valence-electron chi connectivity index (χ1n) is 9.76. The van der Waals surface area contributed by atoms with E-state index in [-0.39, 0.29) is 24.7 Å². The largest absolute Gasteiger partial charge is 0.457 e. The van der Waals surface area contributed by atoms with Crippen LogP contribution in [0, 0.1) is 17.2 Å². The highest BCUT2D eigenvalue weighted by molar-refractivity contribution is 7.17. The summed E-state index contributed by atoms with van der Waals surface area (Å²) < 4.78 is 6.72. The van der Waals surface area contributed by atoms with Gasteiger partial charge in [-0.25, -0.2) is 4.98 Å². The van der Waals surface area contributed by atoms with Crippen LogP contribution in [0.4, 0.5) is 0 Å². The summed E-state index contributed by atoms with van der Waals surface area (Å²) in [7, 11) is 0. The van der Waals surface area contributed by atoms with Crippen LogP contribution in [0.2, 0.25) is 0 Å². The molecule has 2 heterocycles. The second kappa shape index (κ2) is 8.58. The van der Waals surface area contributed by atoms with Crippen molar-refractivity contribution in [1.29, 1.82) is 5.26 Å². The Kier molecular flexibility index (Phi) is 5.72. The van der Waals surface area contributed by atoms with E-state index < -0.39 is 0 Å². The quantitative estimate of drug-likeness (QED) is 0.570. The summed E-state index contributed by atoms with van der Waals surface area (Å²) in [5.41, 5.74) is 1.45. The SMILES string of the molecule is N#CCn1c(COC(=O)CC2CCCC2)nc2scc(-c3ccccc3)c2c1=O. The molecule has 0 bridgehead atoms. The summed E-state index contributed by atoms with van der Waals surface area (Å²) >= 11 is 1.38. The molecule has 7 heteroatoms. The maximum Gasteiger partial charge on any atom is 0.306 e. The van der Waals surface area contributed by atoms with Crippen molar-refractivity contribution in [3.63, 3.8) is 0 Å². The molecule has 0 radical (unpaired) electrons. The van der Waals surface area contributed by atoms with Crippen LogP contribution in [-0.4, -0.2) is 15.5 Å². The van der Waals surface area contributed by atoms with Crippen molar-refractivity contribution >= 4 is 27.5 Å². The van der Waals surface area contributed by atoms with Gasteiger partial charge >= 0.3 is 5.97 Å². The van der Waals surface area contributed by atoms with E-state index in [1.807, 2.05) is 41.8 Å². The third-order valence-corrected chi connectivity index (χ3v) is 6.25. The molecule has 0 atom stereocenters. The minimum Gasteiger partial charge on any atom is -0.457 e. The second-order valence-electron chi connectivity index (χ2n) is 7.29. The number of ether oxygens (including phenoxy) is 1. The van der Waals surface area contributed by atoms with Crippen LogP contribution < -0.4 is 5.56 Å². The van der Waals surface area contributed by atoms with Crippen LogP contribution >= 0.6 is 11.3 Å². The van der Waals surface area contributed by atoms with Gasteiger partial charge in [0.1, 0.15) is 18.0 Å². The summed E-state index contributed by atoms with van der Waals surface area (Å²) in [6, 6.07) is 11.6. The molecule has 1 fully saturated rings. The fourth-order valence-electron chi connectivity index (χ4n) is 3.89. The lowest BCUT2D eigenvalue weighted by Crippen LogP contribution is -2.26. The molecule has 29 heavy (non-hydrogen) atoms. The van der Waals surface area contributed by atoms with Crippen molar-refractivity contribution in [3.8, 4) is 17.2 Å². The molecule has 0 aliphatic heterocycles. The van der Waals surface area contributed by atoms with Gasteiger partial charge in [0.05, 0.1) is 11.5 Å². The van der Waals surface area contributed by atoms with Crippen LogP contribution in [0.1, 0.15) is 37.9 Å². The van der Waals surface area contributed by atoms with Gasteiger partial charge in [0.2, 0.25) is 0 Å². The Labute approximate surface area is 172 Å². The van der Waals surface area contributed by atoms with Crippen LogP contribution in [0.25, 0.3) is 21.3 Å². The predicted octanol–water partition coefficient (Wildman–Crippen LogP) is 4.27. The van der Waals surface area contributed by atoms with Gasteiger partial charge in [-0.1, -0.05) is 43.2 Å². The zero-order chi connectivity index (χ0) is 20.2. The molecule has 148 valence electrons. The first kappa shape index (κ1) is 19.3. The van der Waals surface area contributed by atoms with E-state index in [4.69, 9.17) is 4.74 Å². The lowest BCUT2D eigenvalue weighted by molar-refractivity contribution is -0.146. The van der Waals surface area contributed by atoms with Crippen molar-refractivity contribution in [2.75, 3.05) is 0 Å². The molecule has 0 amide bonds. The van der Waals surface area contributed by atoms with Gasteiger partial charge < -0.3 is 4.74 Å². The molecule has 1 aliphatic rings. The summed E-state index contributed by atoms with van der Waals surface area (Å²) in [5, 5.41) is 11.6. The molecule has 1 saturated carbocycles. The Morgan fingerprint density at radius 1 is 1.28 bits per heavy atom. The summed E-state index contributed by atoms with van der Waals surface area (Å²) in [6.07, 6.45) is 4.87. The summed E-state index contributed by atoms with van der Waals surface area (Å²) in [4.78, 5) is 30.5. The maximum atomic E-state index is 13.2. The Bertz CT molecular complexity index is 1120. The van der Waals surface area contributed by atoms with Crippen molar-refractivity contribution in [2.45, 2.75) is 45.3 Å². The minimum absolute atomic E-state index is 0.100. The number of rotatable bonds is 6. The maximum absolute atomic E-state index is 13.2. The minimum atomic E-state index is -0.279. The highest BCUT2D eigenvalue weighted by Crippen LogP contribution is 2.31. The third kappa shape index (κ3) is 4.08. The number of carbonyl (C=O) groups excluding carboxylic acids is 1. The molecule has 6 nitrogen and oxygen atoms in total. The van der Waals surface area contributed by atoms with Crippen LogP contribution in [0.5, 0.6) is 0 Å². The monoisotopic (exact) mass is 407 g/mol. The molecule has 2 aromatic heterocycles. The standard InChI is InChI=1S/C22H21N3O3S/c23-10-11-25-18(13-28-19(26)12-15-6-4-5-7-15)24-21-20(22(25)27)17(14-29-21)16-8-2-1-3-9-16/h1-3,8-9,14-15H,4-7,11-13H2. The average molecular weight is 407 g/mol. The van der Waals surface area contributed by atoms with E-state index >= 15 is 0 Å². The summed E-state index contributed by atoms with van der Waals surface area (Å²) in [5.74, 6) is 0.432. The first-order valence-corrected chi connectivity index (χ1v) is 10.6. The average Bonchev–Trinajstić information content (AvgIpc) is 3.39. The molecule has 1 aromatic carbocycles. The van der Waals surface area contributed by atoms with Crippen molar-refractivity contribution < 1.29 is 9.53 Å².